The van der Waals surface area contributed by atoms with Gasteiger partial charge in [0.1, 0.15) is 0 Å². The highest BCUT2D eigenvalue weighted by molar-refractivity contribution is 9.10. The molecule has 1 fully saturated rings. The zero-order valence-corrected chi connectivity index (χ0v) is 11.7. The molecule has 1 aliphatic heterocycles. The molecule has 0 unspecified atom stereocenters. The van der Waals surface area contributed by atoms with Crippen molar-refractivity contribution in [2.75, 3.05) is 6.54 Å². The number of carbonyl (C=O) groups excluding carboxylic acids is 1. The molecule has 0 saturated carbocycles. The Morgan fingerprint density at radius 1 is 1.35 bits per heavy atom. The largest absolute Gasteiger partial charge is 0.340 e. The van der Waals surface area contributed by atoms with E-state index in [0.717, 1.165) is 29.4 Å². The molecule has 1 aromatic rings. The number of halogens is 1. The van der Waals surface area contributed by atoms with Crippen LogP contribution in [0, 0.1) is 0 Å². The third-order valence-electron chi connectivity index (χ3n) is 3.39. The second-order valence-corrected chi connectivity index (χ2v) is 5.65. The third-order valence-corrected chi connectivity index (χ3v) is 3.92. The SMILES string of the molecule is C[C@@H]1CCCCN1C(=O)Cc1ccc(Br)cc1. The molecule has 1 atom stereocenters. The molecular formula is C14H18BrNO. The predicted octanol–water partition coefficient (Wildman–Crippen LogP) is 3.39. The van der Waals surface area contributed by atoms with E-state index >= 15 is 0 Å². The van der Waals surface area contributed by atoms with Gasteiger partial charge in [-0.25, -0.2) is 0 Å². The first kappa shape index (κ1) is 12.6. The Bertz CT molecular complexity index is 388. The van der Waals surface area contributed by atoms with Gasteiger partial charge in [-0.3, -0.25) is 4.79 Å². The van der Waals surface area contributed by atoms with Crippen LogP contribution in [0.5, 0.6) is 0 Å². The maximum absolute atomic E-state index is 12.2. The molecule has 0 spiro atoms. The minimum absolute atomic E-state index is 0.263. The van der Waals surface area contributed by atoms with Crippen LogP contribution in [-0.2, 0) is 11.2 Å². The lowest BCUT2D eigenvalue weighted by Crippen LogP contribution is -2.42. The van der Waals surface area contributed by atoms with E-state index < -0.39 is 0 Å². The van der Waals surface area contributed by atoms with Crippen LogP contribution in [0.2, 0.25) is 0 Å². The Morgan fingerprint density at radius 2 is 2.06 bits per heavy atom. The average molecular weight is 296 g/mol. The molecule has 0 radical (unpaired) electrons. The molecule has 2 rings (SSSR count). The second kappa shape index (κ2) is 5.67. The molecule has 0 bridgehead atoms. The second-order valence-electron chi connectivity index (χ2n) is 4.74. The number of carbonyl (C=O) groups is 1. The highest BCUT2D eigenvalue weighted by Crippen LogP contribution is 2.18. The summed E-state index contributed by atoms with van der Waals surface area (Å²) in [7, 11) is 0. The first-order chi connectivity index (χ1) is 8.16. The minimum Gasteiger partial charge on any atom is -0.340 e. The van der Waals surface area contributed by atoms with Crippen LogP contribution >= 0.6 is 15.9 Å². The molecule has 3 heteroatoms. The summed E-state index contributed by atoms with van der Waals surface area (Å²) in [6, 6.07) is 8.41. The van der Waals surface area contributed by atoms with E-state index in [-0.39, 0.29) is 5.91 Å². The van der Waals surface area contributed by atoms with Gasteiger partial charge < -0.3 is 4.90 Å². The van der Waals surface area contributed by atoms with Crippen molar-refractivity contribution in [3.8, 4) is 0 Å². The zero-order valence-electron chi connectivity index (χ0n) is 10.2. The van der Waals surface area contributed by atoms with Gasteiger partial charge in [0, 0.05) is 17.1 Å². The van der Waals surface area contributed by atoms with Gasteiger partial charge in [-0.05, 0) is 43.9 Å². The first-order valence-corrected chi connectivity index (χ1v) is 7.00. The summed E-state index contributed by atoms with van der Waals surface area (Å²) in [5, 5.41) is 0. The molecule has 1 aliphatic rings. The van der Waals surface area contributed by atoms with Crippen molar-refractivity contribution < 1.29 is 4.79 Å². The normalized spacial score (nSPS) is 20.4. The third kappa shape index (κ3) is 3.32. The Labute approximate surface area is 111 Å². The zero-order chi connectivity index (χ0) is 12.3. The summed E-state index contributed by atoms with van der Waals surface area (Å²) < 4.78 is 1.06. The lowest BCUT2D eigenvalue weighted by molar-refractivity contribution is -0.133. The molecule has 1 amide bonds. The highest BCUT2D eigenvalue weighted by atomic mass is 79.9. The number of amides is 1. The standard InChI is InChI=1S/C14H18BrNO/c1-11-4-2-3-9-16(11)14(17)10-12-5-7-13(15)8-6-12/h5-8,11H,2-4,9-10H2,1H3/t11-/m1/s1. The van der Waals surface area contributed by atoms with Crippen molar-refractivity contribution in [2.45, 2.75) is 38.6 Å². The summed E-state index contributed by atoms with van der Waals surface area (Å²) >= 11 is 3.40. The van der Waals surface area contributed by atoms with Gasteiger partial charge in [0.2, 0.25) is 5.91 Å². The van der Waals surface area contributed by atoms with Crippen molar-refractivity contribution in [1.82, 2.24) is 4.90 Å². The Kier molecular flexibility index (Phi) is 4.21. The van der Waals surface area contributed by atoms with Gasteiger partial charge in [0.25, 0.3) is 0 Å². The minimum atomic E-state index is 0.263. The first-order valence-electron chi connectivity index (χ1n) is 6.21. The van der Waals surface area contributed by atoms with Gasteiger partial charge in [0.15, 0.2) is 0 Å². The van der Waals surface area contributed by atoms with E-state index in [0.29, 0.717) is 12.5 Å². The quantitative estimate of drug-likeness (QED) is 0.819. The predicted molar refractivity (Wildman–Crippen MR) is 72.9 cm³/mol. The Balaban J connectivity index is 1.98. The fraction of sp³-hybridized carbons (Fsp3) is 0.500. The van der Waals surface area contributed by atoms with Crippen LogP contribution in [0.15, 0.2) is 28.7 Å². The van der Waals surface area contributed by atoms with Gasteiger partial charge in [-0.15, -0.1) is 0 Å². The maximum atomic E-state index is 12.2. The topological polar surface area (TPSA) is 20.3 Å². The molecule has 2 nitrogen and oxygen atoms in total. The Hall–Kier alpha value is -0.830. The van der Waals surface area contributed by atoms with Crippen LogP contribution in [0.1, 0.15) is 31.7 Å². The van der Waals surface area contributed by atoms with Crippen LogP contribution in [0.3, 0.4) is 0 Å². The van der Waals surface area contributed by atoms with Crippen molar-refractivity contribution in [3.05, 3.63) is 34.3 Å². The maximum Gasteiger partial charge on any atom is 0.227 e. The van der Waals surface area contributed by atoms with E-state index in [1.807, 2.05) is 29.2 Å². The summed E-state index contributed by atoms with van der Waals surface area (Å²) in [6.45, 7) is 3.08. The monoisotopic (exact) mass is 295 g/mol. The number of likely N-dealkylation sites (tertiary alicyclic amines) is 1. The number of nitrogens with zero attached hydrogens (tertiary/aromatic N) is 1. The average Bonchev–Trinajstić information content (AvgIpc) is 2.32. The van der Waals surface area contributed by atoms with Crippen molar-refractivity contribution >= 4 is 21.8 Å². The number of piperidine rings is 1. The van der Waals surface area contributed by atoms with Crippen LogP contribution in [-0.4, -0.2) is 23.4 Å². The molecule has 0 N–H and O–H groups in total. The summed E-state index contributed by atoms with van der Waals surface area (Å²) in [4.78, 5) is 14.2. The van der Waals surface area contributed by atoms with Crippen LogP contribution in [0.25, 0.3) is 0 Å². The van der Waals surface area contributed by atoms with Crippen LogP contribution in [0.4, 0.5) is 0 Å². The van der Waals surface area contributed by atoms with Crippen molar-refractivity contribution in [2.24, 2.45) is 0 Å². The summed E-state index contributed by atoms with van der Waals surface area (Å²) in [5.74, 6) is 0.263. The molecule has 0 aromatic heterocycles. The lowest BCUT2D eigenvalue weighted by atomic mass is 10.0. The number of benzene rings is 1. The molecule has 92 valence electrons. The van der Waals surface area contributed by atoms with Gasteiger partial charge in [0.05, 0.1) is 6.42 Å². The van der Waals surface area contributed by atoms with E-state index in [1.54, 1.807) is 0 Å². The number of rotatable bonds is 2. The van der Waals surface area contributed by atoms with Gasteiger partial charge in [-0.1, -0.05) is 28.1 Å². The smallest absolute Gasteiger partial charge is 0.227 e. The van der Waals surface area contributed by atoms with Gasteiger partial charge >= 0.3 is 0 Å². The molecular weight excluding hydrogens is 278 g/mol. The fourth-order valence-corrected chi connectivity index (χ4v) is 2.61. The summed E-state index contributed by atoms with van der Waals surface area (Å²) in [6.07, 6.45) is 4.07. The molecule has 1 aromatic carbocycles. The molecule has 0 aliphatic carbocycles. The highest BCUT2D eigenvalue weighted by Gasteiger charge is 2.22. The lowest BCUT2D eigenvalue weighted by Gasteiger charge is -2.33. The molecule has 1 saturated heterocycles. The van der Waals surface area contributed by atoms with Crippen LogP contribution < -0.4 is 0 Å². The number of hydrogen-bond donors (Lipinski definition) is 0. The Morgan fingerprint density at radius 3 is 2.71 bits per heavy atom. The fourth-order valence-electron chi connectivity index (χ4n) is 2.35. The van der Waals surface area contributed by atoms with Crippen molar-refractivity contribution in [3.63, 3.8) is 0 Å². The summed E-state index contributed by atoms with van der Waals surface area (Å²) in [5.41, 5.74) is 1.09. The van der Waals surface area contributed by atoms with E-state index in [1.165, 1.54) is 6.42 Å². The van der Waals surface area contributed by atoms with E-state index in [9.17, 15) is 4.79 Å². The van der Waals surface area contributed by atoms with Gasteiger partial charge in [-0.2, -0.15) is 0 Å². The van der Waals surface area contributed by atoms with Crippen molar-refractivity contribution in [1.29, 1.82) is 0 Å². The van der Waals surface area contributed by atoms with E-state index in [2.05, 4.69) is 22.9 Å². The number of hydrogen-bond acceptors (Lipinski definition) is 1. The molecule has 1 heterocycles. The van der Waals surface area contributed by atoms with E-state index in [4.69, 9.17) is 0 Å². The molecule has 17 heavy (non-hydrogen) atoms.